The Bertz CT molecular complexity index is 370. The Hall–Kier alpha value is -1.69. The zero-order valence-electron chi connectivity index (χ0n) is 10.1. The summed E-state index contributed by atoms with van der Waals surface area (Å²) in [5, 5.41) is 2.75. The fourth-order valence-electron chi connectivity index (χ4n) is 1.19. The summed E-state index contributed by atoms with van der Waals surface area (Å²) in [4.78, 5) is 19.2. The van der Waals surface area contributed by atoms with E-state index in [1.165, 1.54) is 6.33 Å². The molecule has 0 fully saturated rings. The first kappa shape index (κ1) is 13.4. The number of nitrogens with zero attached hydrogens (tertiary/aromatic N) is 2. The van der Waals surface area contributed by atoms with E-state index >= 15 is 0 Å². The van der Waals surface area contributed by atoms with Gasteiger partial charge in [-0.25, -0.2) is 9.97 Å². The molecule has 0 bridgehead atoms. The van der Waals surface area contributed by atoms with Crippen LogP contribution in [0, 0.1) is 6.92 Å². The molecule has 17 heavy (non-hydrogen) atoms. The van der Waals surface area contributed by atoms with Crippen LogP contribution in [0.2, 0.25) is 0 Å². The number of aromatic nitrogens is 2. The predicted molar refractivity (Wildman–Crippen MR) is 63.5 cm³/mol. The molecule has 0 aliphatic rings. The van der Waals surface area contributed by atoms with Gasteiger partial charge in [-0.3, -0.25) is 4.79 Å². The molecule has 1 amide bonds. The fourth-order valence-corrected chi connectivity index (χ4v) is 1.19. The van der Waals surface area contributed by atoms with E-state index < -0.39 is 0 Å². The smallest absolute Gasteiger partial charge is 0.223 e. The molecule has 3 N–H and O–H groups in total. The molecule has 0 aromatic carbocycles. The van der Waals surface area contributed by atoms with Crippen molar-refractivity contribution < 1.29 is 9.53 Å². The molecular weight excluding hydrogens is 220 g/mol. The molecule has 0 saturated carbocycles. The summed E-state index contributed by atoms with van der Waals surface area (Å²) in [5.41, 5.74) is 6.25. The Morgan fingerprint density at radius 2 is 2.41 bits per heavy atom. The Balaban J connectivity index is 2.29. The van der Waals surface area contributed by atoms with Gasteiger partial charge in [0.15, 0.2) is 0 Å². The highest BCUT2D eigenvalue weighted by atomic mass is 16.5. The standard InChI is InChI=1S/C11H18N4O2/c1-8-6-13-7-14-11(8)17-4-3-10(16)15-9(2)5-12/h6-7,9H,3-5,12H2,1-2H3,(H,15,16). The zero-order valence-corrected chi connectivity index (χ0v) is 10.1. The van der Waals surface area contributed by atoms with E-state index in [4.69, 9.17) is 10.5 Å². The third-order valence-corrected chi connectivity index (χ3v) is 2.18. The number of amides is 1. The van der Waals surface area contributed by atoms with Gasteiger partial charge in [0.25, 0.3) is 0 Å². The number of nitrogens with two attached hydrogens (primary N) is 1. The maximum absolute atomic E-state index is 11.4. The predicted octanol–water partition coefficient (Wildman–Crippen LogP) is 0.0173. The Kier molecular flexibility index (Phi) is 5.35. The first-order valence-corrected chi connectivity index (χ1v) is 5.52. The van der Waals surface area contributed by atoms with Crippen LogP contribution in [-0.4, -0.2) is 35.1 Å². The van der Waals surface area contributed by atoms with E-state index in [9.17, 15) is 4.79 Å². The van der Waals surface area contributed by atoms with Crippen molar-refractivity contribution >= 4 is 5.91 Å². The van der Waals surface area contributed by atoms with Gasteiger partial charge in [-0.15, -0.1) is 0 Å². The second kappa shape index (κ2) is 6.80. The summed E-state index contributed by atoms with van der Waals surface area (Å²) >= 11 is 0. The number of rotatable bonds is 6. The number of aryl methyl sites for hydroxylation is 1. The third-order valence-electron chi connectivity index (χ3n) is 2.18. The lowest BCUT2D eigenvalue weighted by Crippen LogP contribution is -2.38. The van der Waals surface area contributed by atoms with Gasteiger partial charge in [0.1, 0.15) is 6.33 Å². The molecule has 0 radical (unpaired) electrons. The van der Waals surface area contributed by atoms with Gasteiger partial charge in [0.05, 0.1) is 13.0 Å². The number of hydrogen-bond acceptors (Lipinski definition) is 5. The number of carbonyl (C=O) groups is 1. The van der Waals surface area contributed by atoms with Crippen molar-refractivity contribution in [3.8, 4) is 5.88 Å². The Labute approximate surface area is 101 Å². The summed E-state index contributed by atoms with van der Waals surface area (Å²) in [6.07, 6.45) is 3.37. The van der Waals surface area contributed by atoms with Crippen molar-refractivity contribution in [2.45, 2.75) is 26.3 Å². The molecule has 6 nitrogen and oxygen atoms in total. The molecule has 1 heterocycles. The van der Waals surface area contributed by atoms with Gasteiger partial charge in [-0.2, -0.15) is 0 Å². The Morgan fingerprint density at radius 1 is 1.65 bits per heavy atom. The minimum atomic E-state index is -0.0744. The molecule has 1 rings (SSSR count). The highest BCUT2D eigenvalue weighted by Crippen LogP contribution is 2.10. The van der Waals surface area contributed by atoms with E-state index in [-0.39, 0.29) is 18.4 Å². The fraction of sp³-hybridized carbons (Fsp3) is 0.545. The van der Waals surface area contributed by atoms with E-state index in [0.717, 1.165) is 5.56 Å². The summed E-state index contributed by atoms with van der Waals surface area (Å²) in [5.74, 6) is 0.439. The highest BCUT2D eigenvalue weighted by molar-refractivity contribution is 5.76. The second-order valence-corrected chi connectivity index (χ2v) is 3.81. The molecule has 0 aliphatic carbocycles. The van der Waals surface area contributed by atoms with Gasteiger partial charge in [0, 0.05) is 24.3 Å². The molecule has 94 valence electrons. The molecule has 0 saturated heterocycles. The largest absolute Gasteiger partial charge is 0.477 e. The number of nitrogens with one attached hydrogen (secondary N) is 1. The average molecular weight is 238 g/mol. The van der Waals surface area contributed by atoms with Crippen LogP contribution in [0.25, 0.3) is 0 Å². The van der Waals surface area contributed by atoms with Crippen LogP contribution < -0.4 is 15.8 Å². The van der Waals surface area contributed by atoms with Crippen LogP contribution in [0.3, 0.4) is 0 Å². The molecule has 0 spiro atoms. The van der Waals surface area contributed by atoms with Crippen LogP contribution in [0.4, 0.5) is 0 Å². The molecular formula is C11H18N4O2. The number of ether oxygens (including phenoxy) is 1. The third kappa shape index (κ3) is 4.78. The molecule has 0 aliphatic heterocycles. The normalized spacial score (nSPS) is 11.9. The van der Waals surface area contributed by atoms with Crippen molar-refractivity contribution in [1.29, 1.82) is 0 Å². The van der Waals surface area contributed by atoms with Gasteiger partial charge in [-0.1, -0.05) is 0 Å². The summed E-state index contributed by atoms with van der Waals surface area (Å²) in [6.45, 7) is 4.43. The topological polar surface area (TPSA) is 90.1 Å². The maximum atomic E-state index is 11.4. The average Bonchev–Trinajstić information content (AvgIpc) is 2.31. The lowest BCUT2D eigenvalue weighted by Gasteiger charge is -2.11. The lowest BCUT2D eigenvalue weighted by atomic mass is 10.3. The molecule has 1 aromatic heterocycles. The van der Waals surface area contributed by atoms with Crippen LogP contribution in [0.5, 0.6) is 5.88 Å². The zero-order chi connectivity index (χ0) is 12.7. The van der Waals surface area contributed by atoms with Crippen LogP contribution in [-0.2, 0) is 4.79 Å². The van der Waals surface area contributed by atoms with Crippen LogP contribution in [0.1, 0.15) is 18.9 Å². The van der Waals surface area contributed by atoms with E-state index in [0.29, 0.717) is 19.0 Å². The molecule has 1 unspecified atom stereocenters. The summed E-state index contributed by atoms with van der Waals surface area (Å²) in [6, 6.07) is -0.0108. The van der Waals surface area contributed by atoms with Gasteiger partial charge in [-0.05, 0) is 13.8 Å². The minimum absolute atomic E-state index is 0.0108. The summed E-state index contributed by atoms with van der Waals surface area (Å²) < 4.78 is 5.38. The Morgan fingerprint density at radius 3 is 3.06 bits per heavy atom. The van der Waals surface area contributed by atoms with Gasteiger partial charge < -0.3 is 15.8 Å². The quantitative estimate of drug-likeness (QED) is 0.729. The molecule has 1 aromatic rings. The van der Waals surface area contributed by atoms with Crippen molar-refractivity contribution in [2.75, 3.05) is 13.2 Å². The van der Waals surface area contributed by atoms with Crippen LogP contribution in [0.15, 0.2) is 12.5 Å². The highest BCUT2D eigenvalue weighted by Gasteiger charge is 2.06. The lowest BCUT2D eigenvalue weighted by molar-refractivity contribution is -0.122. The molecule has 6 heteroatoms. The van der Waals surface area contributed by atoms with Gasteiger partial charge >= 0.3 is 0 Å². The van der Waals surface area contributed by atoms with Crippen molar-refractivity contribution in [1.82, 2.24) is 15.3 Å². The minimum Gasteiger partial charge on any atom is -0.477 e. The van der Waals surface area contributed by atoms with E-state index in [2.05, 4.69) is 15.3 Å². The van der Waals surface area contributed by atoms with Crippen molar-refractivity contribution in [3.05, 3.63) is 18.1 Å². The monoisotopic (exact) mass is 238 g/mol. The van der Waals surface area contributed by atoms with E-state index in [1.54, 1.807) is 6.20 Å². The first-order valence-electron chi connectivity index (χ1n) is 5.52. The number of carbonyl (C=O) groups excluding carboxylic acids is 1. The summed E-state index contributed by atoms with van der Waals surface area (Å²) in [7, 11) is 0. The van der Waals surface area contributed by atoms with Crippen LogP contribution >= 0.6 is 0 Å². The first-order chi connectivity index (χ1) is 8.13. The van der Waals surface area contributed by atoms with Crippen molar-refractivity contribution in [2.24, 2.45) is 5.73 Å². The van der Waals surface area contributed by atoms with Crippen molar-refractivity contribution in [3.63, 3.8) is 0 Å². The maximum Gasteiger partial charge on any atom is 0.223 e. The molecule has 1 atom stereocenters. The van der Waals surface area contributed by atoms with E-state index in [1.807, 2.05) is 13.8 Å². The SMILES string of the molecule is Cc1cncnc1OCCC(=O)NC(C)CN. The van der Waals surface area contributed by atoms with Gasteiger partial charge in [0.2, 0.25) is 11.8 Å². The number of hydrogen-bond donors (Lipinski definition) is 2. The second-order valence-electron chi connectivity index (χ2n) is 3.81.